The SMILES string of the molecule is CCCCCNC(=NCc1cccc(NC(=O)CCC)c1)NCC.I. The van der Waals surface area contributed by atoms with Crippen LogP contribution < -0.4 is 16.0 Å². The van der Waals surface area contributed by atoms with Gasteiger partial charge in [0.2, 0.25) is 5.91 Å². The molecular formula is C19H33IN4O. The summed E-state index contributed by atoms with van der Waals surface area (Å²) in [5.74, 6) is 0.901. The number of rotatable bonds is 10. The molecular weight excluding hydrogens is 427 g/mol. The summed E-state index contributed by atoms with van der Waals surface area (Å²) >= 11 is 0. The molecule has 1 amide bonds. The molecule has 3 N–H and O–H groups in total. The van der Waals surface area contributed by atoms with E-state index in [9.17, 15) is 4.79 Å². The zero-order valence-electron chi connectivity index (χ0n) is 15.7. The summed E-state index contributed by atoms with van der Waals surface area (Å²) in [6, 6.07) is 7.88. The van der Waals surface area contributed by atoms with Crippen LogP contribution in [0.4, 0.5) is 5.69 Å². The van der Waals surface area contributed by atoms with E-state index in [-0.39, 0.29) is 29.9 Å². The van der Waals surface area contributed by atoms with Crippen LogP contribution in [-0.2, 0) is 11.3 Å². The van der Waals surface area contributed by atoms with E-state index in [1.165, 1.54) is 12.8 Å². The number of guanidine groups is 1. The Morgan fingerprint density at radius 2 is 1.88 bits per heavy atom. The molecule has 0 saturated carbocycles. The van der Waals surface area contributed by atoms with Crippen molar-refractivity contribution in [2.75, 3.05) is 18.4 Å². The highest BCUT2D eigenvalue weighted by Gasteiger charge is 2.02. The molecule has 0 aliphatic heterocycles. The quantitative estimate of drug-likeness (QED) is 0.211. The zero-order chi connectivity index (χ0) is 17.6. The summed E-state index contributed by atoms with van der Waals surface area (Å²) in [4.78, 5) is 16.3. The second kappa shape index (κ2) is 15.0. The highest BCUT2D eigenvalue weighted by atomic mass is 127. The fraction of sp³-hybridized carbons (Fsp3) is 0.579. The van der Waals surface area contributed by atoms with Crippen molar-refractivity contribution in [3.8, 4) is 0 Å². The minimum absolute atomic E-state index is 0. The first-order valence-corrected chi connectivity index (χ1v) is 9.10. The predicted octanol–water partition coefficient (Wildman–Crippen LogP) is 4.29. The maximum atomic E-state index is 11.7. The molecule has 0 aromatic heterocycles. The van der Waals surface area contributed by atoms with Crippen LogP contribution >= 0.6 is 24.0 Å². The molecule has 0 fully saturated rings. The second-order valence-electron chi connectivity index (χ2n) is 5.83. The highest BCUT2D eigenvalue weighted by molar-refractivity contribution is 14.0. The largest absolute Gasteiger partial charge is 0.357 e. The standard InChI is InChI=1S/C19H32N4O.HI/c1-4-7-8-13-21-19(20-6-3)22-15-16-11-9-12-17(14-16)23-18(24)10-5-2;/h9,11-12,14H,4-8,10,13,15H2,1-3H3,(H,23,24)(H2,20,21,22);1H. The average Bonchev–Trinajstić information content (AvgIpc) is 2.57. The van der Waals surface area contributed by atoms with Crippen molar-refractivity contribution in [3.63, 3.8) is 0 Å². The zero-order valence-corrected chi connectivity index (χ0v) is 18.1. The molecule has 25 heavy (non-hydrogen) atoms. The van der Waals surface area contributed by atoms with E-state index in [1.54, 1.807) is 0 Å². The topological polar surface area (TPSA) is 65.5 Å². The average molecular weight is 460 g/mol. The number of amides is 1. The lowest BCUT2D eigenvalue weighted by Crippen LogP contribution is -2.37. The van der Waals surface area contributed by atoms with Gasteiger partial charge in [-0.1, -0.05) is 38.8 Å². The smallest absolute Gasteiger partial charge is 0.224 e. The number of aliphatic imine (C=N–C) groups is 1. The van der Waals surface area contributed by atoms with Gasteiger partial charge in [-0.15, -0.1) is 24.0 Å². The number of benzene rings is 1. The molecule has 0 aliphatic rings. The van der Waals surface area contributed by atoms with Crippen LogP contribution in [0.15, 0.2) is 29.3 Å². The number of carbonyl (C=O) groups is 1. The summed E-state index contributed by atoms with van der Waals surface area (Å²) in [7, 11) is 0. The monoisotopic (exact) mass is 460 g/mol. The lowest BCUT2D eigenvalue weighted by Gasteiger charge is -2.11. The molecule has 6 heteroatoms. The van der Waals surface area contributed by atoms with E-state index >= 15 is 0 Å². The number of halogens is 1. The first-order chi connectivity index (χ1) is 11.7. The lowest BCUT2D eigenvalue weighted by atomic mass is 10.2. The normalized spacial score (nSPS) is 10.8. The summed E-state index contributed by atoms with van der Waals surface area (Å²) in [6.45, 7) is 8.62. The first-order valence-electron chi connectivity index (χ1n) is 9.10. The Morgan fingerprint density at radius 3 is 2.56 bits per heavy atom. The molecule has 1 rings (SSSR count). The Kier molecular flexibility index (Phi) is 14.2. The Balaban J connectivity index is 0.00000576. The van der Waals surface area contributed by atoms with Gasteiger partial charge >= 0.3 is 0 Å². The Morgan fingerprint density at radius 1 is 1.08 bits per heavy atom. The molecule has 0 unspecified atom stereocenters. The molecule has 0 saturated heterocycles. The third-order valence-electron chi connectivity index (χ3n) is 3.52. The highest BCUT2D eigenvalue weighted by Crippen LogP contribution is 2.12. The van der Waals surface area contributed by atoms with Crippen molar-refractivity contribution in [1.82, 2.24) is 10.6 Å². The number of nitrogens with zero attached hydrogens (tertiary/aromatic N) is 1. The van der Waals surface area contributed by atoms with E-state index in [1.807, 2.05) is 31.2 Å². The number of anilines is 1. The van der Waals surface area contributed by atoms with Gasteiger partial charge in [-0.25, -0.2) is 4.99 Å². The maximum absolute atomic E-state index is 11.7. The van der Waals surface area contributed by atoms with E-state index in [4.69, 9.17) is 0 Å². The van der Waals surface area contributed by atoms with Crippen LogP contribution in [0.2, 0.25) is 0 Å². The minimum atomic E-state index is 0. The van der Waals surface area contributed by atoms with E-state index in [2.05, 4.69) is 34.8 Å². The van der Waals surface area contributed by atoms with Gasteiger partial charge in [-0.3, -0.25) is 4.79 Å². The molecule has 0 aliphatic carbocycles. The Bertz CT molecular complexity index is 520. The van der Waals surface area contributed by atoms with E-state index < -0.39 is 0 Å². The van der Waals surface area contributed by atoms with Gasteiger partial charge in [0.1, 0.15) is 0 Å². The van der Waals surface area contributed by atoms with Gasteiger partial charge in [0.15, 0.2) is 5.96 Å². The third kappa shape index (κ3) is 11.0. The molecule has 0 spiro atoms. The molecule has 0 heterocycles. The van der Waals surface area contributed by atoms with Crippen molar-refractivity contribution >= 4 is 41.5 Å². The molecule has 1 aromatic carbocycles. The van der Waals surface area contributed by atoms with Gasteiger partial charge in [-0.05, 0) is 37.5 Å². The van der Waals surface area contributed by atoms with Gasteiger partial charge in [0.05, 0.1) is 6.54 Å². The van der Waals surface area contributed by atoms with Gasteiger partial charge in [0.25, 0.3) is 0 Å². The van der Waals surface area contributed by atoms with E-state index in [0.717, 1.165) is 43.1 Å². The van der Waals surface area contributed by atoms with Crippen LogP contribution in [0.1, 0.15) is 58.4 Å². The molecule has 0 atom stereocenters. The van der Waals surface area contributed by atoms with Crippen molar-refractivity contribution < 1.29 is 4.79 Å². The van der Waals surface area contributed by atoms with E-state index in [0.29, 0.717) is 13.0 Å². The van der Waals surface area contributed by atoms with Crippen molar-refractivity contribution in [2.45, 2.75) is 59.4 Å². The summed E-state index contributed by atoms with van der Waals surface area (Å²) in [6.07, 6.45) is 5.00. The number of hydrogen-bond acceptors (Lipinski definition) is 2. The number of hydrogen-bond donors (Lipinski definition) is 3. The van der Waals surface area contributed by atoms with Gasteiger partial charge < -0.3 is 16.0 Å². The van der Waals surface area contributed by atoms with Crippen molar-refractivity contribution in [1.29, 1.82) is 0 Å². The van der Waals surface area contributed by atoms with Crippen molar-refractivity contribution in [3.05, 3.63) is 29.8 Å². The van der Waals surface area contributed by atoms with Gasteiger partial charge in [0, 0.05) is 25.2 Å². The Hall–Kier alpha value is -1.31. The summed E-state index contributed by atoms with van der Waals surface area (Å²) in [5.41, 5.74) is 1.91. The van der Waals surface area contributed by atoms with Crippen LogP contribution in [0.3, 0.4) is 0 Å². The molecule has 0 radical (unpaired) electrons. The molecule has 0 bridgehead atoms. The predicted molar refractivity (Wildman–Crippen MR) is 118 cm³/mol. The number of unbranched alkanes of at least 4 members (excludes halogenated alkanes) is 2. The third-order valence-corrected chi connectivity index (χ3v) is 3.52. The van der Waals surface area contributed by atoms with Crippen LogP contribution in [-0.4, -0.2) is 25.0 Å². The molecule has 142 valence electrons. The number of nitrogens with one attached hydrogen (secondary N) is 3. The van der Waals surface area contributed by atoms with Crippen LogP contribution in [0.25, 0.3) is 0 Å². The minimum Gasteiger partial charge on any atom is -0.357 e. The Labute approximate surface area is 169 Å². The fourth-order valence-corrected chi connectivity index (χ4v) is 2.29. The van der Waals surface area contributed by atoms with Gasteiger partial charge in [-0.2, -0.15) is 0 Å². The van der Waals surface area contributed by atoms with Crippen molar-refractivity contribution in [2.24, 2.45) is 4.99 Å². The summed E-state index contributed by atoms with van der Waals surface area (Å²) < 4.78 is 0. The van der Waals surface area contributed by atoms with Crippen LogP contribution in [0, 0.1) is 0 Å². The molecule has 1 aromatic rings. The second-order valence-corrected chi connectivity index (χ2v) is 5.83. The lowest BCUT2D eigenvalue weighted by molar-refractivity contribution is -0.116. The maximum Gasteiger partial charge on any atom is 0.224 e. The summed E-state index contributed by atoms with van der Waals surface area (Å²) in [5, 5.41) is 9.55. The fourth-order valence-electron chi connectivity index (χ4n) is 2.29. The number of carbonyl (C=O) groups excluding carboxylic acids is 1. The molecule has 5 nitrogen and oxygen atoms in total. The first kappa shape index (κ1) is 23.7. The van der Waals surface area contributed by atoms with Crippen LogP contribution in [0.5, 0.6) is 0 Å².